The first-order valence-electron chi connectivity index (χ1n) is 26.5. The van der Waals surface area contributed by atoms with E-state index in [4.69, 9.17) is 14.2 Å². The molecular weight excluding hydrogens is 757 g/mol. The molecule has 0 bridgehead atoms. The third-order valence-electron chi connectivity index (χ3n) is 11.6. The summed E-state index contributed by atoms with van der Waals surface area (Å²) >= 11 is 0. The summed E-state index contributed by atoms with van der Waals surface area (Å²) in [5.41, 5.74) is 0. The van der Waals surface area contributed by atoms with Gasteiger partial charge in [-0.2, -0.15) is 0 Å². The second-order valence-corrected chi connectivity index (χ2v) is 17.8. The van der Waals surface area contributed by atoms with Crippen LogP contribution in [0.25, 0.3) is 0 Å². The second kappa shape index (κ2) is 50.3. The third-order valence-corrected chi connectivity index (χ3v) is 11.6. The summed E-state index contributed by atoms with van der Waals surface area (Å²) in [5, 5.41) is 0. The molecule has 0 aliphatic carbocycles. The number of rotatable bonds is 48. The van der Waals surface area contributed by atoms with E-state index in [1.54, 1.807) is 0 Å². The number of carbonyl (C=O) groups excluding carboxylic acids is 3. The highest BCUT2D eigenvalue weighted by Crippen LogP contribution is 2.15. The largest absolute Gasteiger partial charge is 0.462 e. The van der Waals surface area contributed by atoms with Crippen molar-refractivity contribution < 1.29 is 28.6 Å². The lowest BCUT2D eigenvalue weighted by molar-refractivity contribution is -0.167. The summed E-state index contributed by atoms with van der Waals surface area (Å²) in [5.74, 6) is -0.888. The lowest BCUT2D eigenvalue weighted by Crippen LogP contribution is -2.30. The fraction of sp³-hybridized carbons (Fsp3) is 0.836. The average molecular weight is 857 g/mol. The van der Waals surface area contributed by atoms with Gasteiger partial charge in [0, 0.05) is 19.3 Å². The Labute approximate surface area is 378 Å². The van der Waals surface area contributed by atoms with Crippen molar-refractivity contribution >= 4 is 17.9 Å². The van der Waals surface area contributed by atoms with E-state index in [0.29, 0.717) is 19.3 Å². The Morgan fingerprint density at radius 1 is 0.328 bits per heavy atom. The van der Waals surface area contributed by atoms with Gasteiger partial charge in [0.25, 0.3) is 0 Å². The Balaban J connectivity index is 4.37. The number of allylic oxidation sites excluding steroid dienone is 6. The Hall–Kier alpha value is -2.37. The molecule has 0 amide bonds. The second-order valence-electron chi connectivity index (χ2n) is 17.8. The Morgan fingerprint density at radius 3 is 0.984 bits per heavy atom. The average Bonchev–Trinajstić information content (AvgIpc) is 3.26. The number of ether oxygens (including phenoxy) is 3. The predicted octanol–water partition coefficient (Wildman–Crippen LogP) is 17.3. The van der Waals surface area contributed by atoms with E-state index in [1.165, 1.54) is 148 Å². The van der Waals surface area contributed by atoms with Crippen LogP contribution in [0.15, 0.2) is 36.5 Å². The highest BCUT2D eigenvalue weighted by Gasteiger charge is 2.19. The van der Waals surface area contributed by atoms with Crippen LogP contribution in [0.5, 0.6) is 0 Å². The molecule has 6 nitrogen and oxygen atoms in total. The van der Waals surface area contributed by atoms with Gasteiger partial charge in [0.15, 0.2) is 6.10 Å². The molecule has 0 spiro atoms. The minimum atomic E-state index is -0.777. The van der Waals surface area contributed by atoms with Crippen molar-refractivity contribution in [1.29, 1.82) is 0 Å². The Morgan fingerprint density at radius 2 is 0.623 bits per heavy atom. The maximum atomic E-state index is 12.8. The van der Waals surface area contributed by atoms with E-state index in [-0.39, 0.29) is 31.1 Å². The number of hydrogen-bond acceptors (Lipinski definition) is 6. The van der Waals surface area contributed by atoms with Gasteiger partial charge >= 0.3 is 17.9 Å². The number of unbranched alkanes of at least 4 members (excludes halogenated alkanes) is 31. The van der Waals surface area contributed by atoms with Crippen LogP contribution in [-0.4, -0.2) is 37.2 Å². The quantitative estimate of drug-likeness (QED) is 0.0262. The molecule has 0 aromatic rings. The highest BCUT2D eigenvalue weighted by molar-refractivity contribution is 5.71. The van der Waals surface area contributed by atoms with Gasteiger partial charge in [-0.25, -0.2) is 0 Å². The van der Waals surface area contributed by atoms with Crippen LogP contribution in [0.2, 0.25) is 0 Å². The summed E-state index contributed by atoms with van der Waals surface area (Å²) in [6.07, 6.45) is 58.4. The molecule has 6 heteroatoms. The lowest BCUT2D eigenvalue weighted by atomic mass is 10.0. The van der Waals surface area contributed by atoms with Crippen molar-refractivity contribution in [2.24, 2.45) is 0 Å². The number of carbonyl (C=O) groups is 3. The normalized spacial score (nSPS) is 12.2. The summed E-state index contributed by atoms with van der Waals surface area (Å²) in [6.45, 7) is 6.58. The van der Waals surface area contributed by atoms with E-state index in [0.717, 1.165) is 89.9 Å². The summed E-state index contributed by atoms with van der Waals surface area (Å²) in [6, 6.07) is 0. The summed E-state index contributed by atoms with van der Waals surface area (Å²) in [4.78, 5) is 38.0. The number of esters is 3. The Bertz CT molecular complexity index is 1030. The lowest BCUT2D eigenvalue weighted by Gasteiger charge is -2.18. The smallest absolute Gasteiger partial charge is 0.306 e. The van der Waals surface area contributed by atoms with Crippen molar-refractivity contribution in [1.82, 2.24) is 0 Å². The minimum absolute atomic E-state index is 0.0781. The van der Waals surface area contributed by atoms with Gasteiger partial charge in [0.1, 0.15) is 13.2 Å². The van der Waals surface area contributed by atoms with E-state index < -0.39 is 6.10 Å². The van der Waals surface area contributed by atoms with Gasteiger partial charge in [-0.05, 0) is 70.6 Å². The van der Waals surface area contributed by atoms with Crippen molar-refractivity contribution in [2.45, 2.75) is 284 Å². The van der Waals surface area contributed by atoms with E-state index >= 15 is 0 Å². The molecular formula is C55H100O6. The molecule has 0 N–H and O–H groups in total. The Kier molecular flexibility index (Phi) is 48.3. The van der Waals surface area contributed by atoms with Gasteiger partial charge < -0.3 is 14.2 Å². The van der Waals surface area contributed by atoms with E-state index in [2.05, 4.69) is 57.2 Å². The van der Waals surface area contributed by atoms with Crippen LogP contribution in [0.1, 0.15) is 278 Å². The molecule has 0 aliphatic heterocycles. The molecule has 0 heterocycles. The zero-order valence-electron chi connectivity index (χ0n) is 40.7. The topological polar surface area (TPSA) is 78.9 Å². The highest BCUT2D eigenvalue weighted by atomic mass is 16.6. The monoisotopic (exact) mass is 857 g/mol. The van der Waals surface area contributed by atoms with Crippen molar-refractivity contribution in [3.8, 4) is 0 Å². The SMILES string of the molecule is CCC/C=C\C/C=C\CCCCCCCC(=O)OCC(COC(=O)CCCCCCC/C=C\CCCCCCCCC)OC(=O)CCCCCCCCCCCCCCCC. The molecule has 0 aromatic carbocycles. The van der Waals surface area contributed by atoms with Gasteiger partial charge in [-0.15, -0.1) is 0 Å². The standard InChI is InChI=1S/C55H100O6/c1-4-7-10-13-16-19-22-25-27-28-31-33-36-39-42-45-48-54(57)60-51-52(50-59-53(56)47-44-41-38-35-32-29-24-21-18-15-12-9-6-3)61-55(58)49-46-43-40-37-34-30-26-23-20-17-14-11-8-5-2/h12,15,21,24,27-28,52H,4-11,13-14,16-20,22-23,25-26,29-51H2,1-3H3/b15-12-,24-21-,28-27-. The number of hydrogen-bond donors (Lipinski definition) is 0. The molecule has 0 aromatic heterocycles. The first-order chi connectivity index (χ1) is 30.0. The van der Waals surface area contributed by atoms with Gasteiger partial charge in [0.05, 0.1) is 0 Å². The van der Waals surface area contributed by atoms with E-state index in [1.807, 2.05) is 0 Å². The van der Waals surface area contributed by atoms with Crippen molar-refractivity contribution in [3.63, 3.8) is 0 Å². The zero-order chi connectivity index (χ0) is 44.4. The molecule has 1 atom stereocenters. The van der Waals surface area contributed by atoms with Crippen molar-refractivity contribution in [2.75, 3.05) is 13.2 Å². The maximum absolute atomic E-state index is 12.8. The zero-order valence-corrected chi connectivity index (χ0v) is 40.7. The van der Waals surface area contributed by atoms with Crippen LogP contribution < -0.4 is 0 Å². The molecule has 0 fully saturated rings. The minimum Gasteiger partial charge on any atom is -0.462 e. The van der Waals surface area contributed by atoms with Gasteiger partial charge in [0.2, 0.25) is 0 Å². The van der Waals surface area contributed by atoms with E-state index in [9.17, 15) is 14.4 Å². The van der Waals surface area contributed by atoms with Crippen LogP contribution in [-0.2, 0) is 28.6 Å². The van der Waals surface area contributed by atoms with Crippen LogP contribution in [0.3, 0.4) is 0 Å². The van der Waals surface area contributed by atoms with Crippen LogP contribution >= 0.6 is 0 Å². The fourth-order valence-electron chi connectivity index (χ4n) is 7.59. The molecule has 0 rings (SSSR count). The first kappa shape index (κ1) is 58.6. The van der Waals surface area contributed by atoms with Gasteiger partial charge in [-0.3, -0.25) is 14.4 Å². The molecule has 0 saturated carbocycles. The van der Waals surface area contributed by atoms with Crippen LogP contribution in [0, 0.1) is 0 Å². The van der Waals surface area contributed by atoms with Crippen LogP contribution in [0.4, 0.5) is 0 Å². The maximum Gasteiger partial charge on any atom is 0.306 e. The molecule has 0 saturated heterocycles. The summed E-state index contributed by atoms with van der Waals surface area (Å²) < 4.78 is 16.8. The molecule has 1 unspecified atom stereocenters. The van der Waals surface area contributed by atoms with Crippen molar-refractivity contribution in [3.05, 3.63) is 36.5 Å². The molecule has 356 valence electrons. The first-order valence-corrected chi connectivity index (χ1v) is 26.5. The van der Waals surface area contributed by atoms with Gasteiger partial charge in [-0.1, -0.05) is 224 Å². The molecule has 0 radical (unpaired) electrons. The third kappa shape index (κ3) is 48.5. The molecule has 0 aliphatic rings. The predicted molar refractivity (Wildman–Crippen MR) is 261 cm³/mol. The summed E-state index contributed by atoms with van der Waals surface area (Å²) in [7, 11) is 0. The fourth-order valence-corrected chi connectivity index (χ4v) is 7.59. The molecule has 61 heavy (non-hydrogen) atoms.